The quantitative estimate of drug-likeness (QED) is 0.280. The number of nitrogens with zero attached hydrogens (tertiary/aromatic N) is 2. The molecule has 0 aliphatic carbocycles. The van der Waals surface area contributed by atoms with Crippen LogP contribution in [0.5, 0.6) is 0 Å². The lowest BCUT2D eigenvalue weighted by Crippen LogP contribution is -2.31. The average molecular weight is 451 g/mol. The third-order valence-electron chi connectivity index (χ3n) is 3.96. The standard InChI is InChI=1S/C21H31ClN4O.2C2H6/c1-6-9-11-16(4)14-23-15-19(27)25-20-18(13-17(5)24-21(20)22)26(8-3)12-10-7-2;2*1-2/h6,9,11,13,23H,1,4,7-8,10,12,14-15H2,2-3,5H3,(H,25,27);2*1-2H3/b11-9-;;. The summed E-state index contributed by atoms with van der Waals surface area (Å²) >= 11 is 6.35. The second-order valence-corrected chi connectivity index (χ2v) is 6.64. The summed E-state index contributed by atoms with van der Waals surface area (Å²) in [5.74, 6) is -0.171. The van der Waals surface area contributed by atoms with Gasteiger partial charge in [0, 0.05) is 25.3 Å². The minimum absolute atomic E-state index is 0.158. The molecular weight excluding hydrogens is 408 g/mol. The Balaban J connectivity index is 0. The molecule has 2 N–H and O–H groups in total. The number of nitrogens with one attached hydrogen (secondary N) is 2. The van der Waals surface area contributed by atoms with E-state index in [9.17, 15) is 4.79 Å². The lowest BCUT2D eigenvalue weighted by Gasteiger charge is -2.26. The van der Waals surface area contributed by atoms with Crippen molar-refractivity contribution in [3.8, 4) is 0 Å². The second-order valence-electron chi connectivity index (χ2n) is 6.29. The number of carbonyl (C=O) groups excluding carboxylic acids is 1. The average Bonchev–Trinajstić information content (AvgIpc) is 2.77. The van der Waals surface area contributed by atoms with Crippen molar-refractivity contribution in [3.05, 3.63) is 53.9 Å². The molecule has 0 atom stereocenters. The van der Waals surface area contributed by atoms with Crippen LogP contribution in [0.25, 0.3) is 0 Å². The first kappa shape index (κ1) is 31.1. The molecular formula is C25H43ClN4O. The van der Waals surface area contributed by atoms with Gasteiger partial charge in [-0.2, -0.15) is 0 Å². The normalized spacial score (nSPS) is 9.81. The topological polar surface area (TPSA) is 57.3 Å². The van der Waals surface area contributed by atoms with Gasteiger partial charge in [-0.25, -0.2) is 4.98 Å². The third kappa shape index (κ3) is 13.0. The predicted octanol–water partition coefficient (Wildman–Crippen LogP) is 6.55. The highest BCUT2D eigenvalue weighted by atomic mass is 35.5. The third-order valence-corrected chi connectivity index (χ3v) is 4.23. The van der Waals surface area contributed by atoms with Gasteiger partial charge in [0.05, 0.1) is 12.2 Å². The highest BCUT2D eigenvalue weighted by molar-refractivity contribution is 6.33. The zero-order valence-corrected chi connectivity index (χ0v) is 21.4. The number of unbranched alkanes of at least 4 members (excludes halogenated alkanes) is 1. The Morgan fingerprint density at radius 3 is 2.42 bits per heavy atom. The molecule has 6 heteroatoms. The van der Waals surface area contributed by atoms with Crippen LogP contribution < -0.4 is 15.5 Å². The van der Waals surface area contributed by atoms with Crippen LogP contribution in [-0.2, 0) is 4.79 Å². The number of hydrogen-bond donors (Lipinski definition) is 2. The maximum Gasteiger partial charge on any atom is 0.238 e. The van der Waals surface area contributed by atoms with Crippen LogP contribution in [0.4, 0.5) is 11.4 Å². The number of hydrogen-bond acceptors (Lipinski definition) is 4. The molecule has 0 saturated carbocycles. The summed E-state index contributed by atoms with van der Waals surface area (Å²) in [5.41, 5.74) is 3.18. The zero-order chi connectivity index (χ0) is 24.2. The van der Waals surface area contributed by atoms with Gasteiger partial charge in [0.15, 0.2) is 5.15 Å². The van der Waals surface area contributed by atoms with Crippen LogP contribution in [0.1, 0.15) is 60.1 Å². The number of pyridine rings is 1. The van der Waals surface area contributed by atoms with E-state index in [-0.39, 0.29) is 12.5 Å². The van der Waals surface area contributed by atoms with E-state index in [0.29, 0.717) is 17.4 Å². The SMILES string of the molecule is C=C/C=C\C(=C)CNCC(=O)Nc1c(N(CC)CCCC)cc(C)nc1Cl.CC.CC. The van der Waals surface area contributed by atoms with Crippen molar-refractivity contribution in [2.75, 3.05) is 36.4 Å². The first-order valence-corrected chi connectivity index (χ1v) is 11.7. The first-order chi connectivity index (χ1) is 14.9. The molecule has 0 saturated heterocycles. The molecule has 1 aromatic rings. The minimum atomic E-state index is -0.171. The molecule has 0 fully saturated rings. The summed E-state index contributed by atoms with van der Waals surface area (Å²) in [7, 11) is 0. The van der Waals surface area contributed by atoms with Crippen molar-refractivity contribution in [3.63, 3.8) is 0 Å². The molecule has 0 spiro atoms. The van der Waals surface area contributed by atoms with Crippen LogP contribution in [0.2, 0.25) is 5.15 Å². The number of aromatic nitrogens is 1. The number of allylic oxidation sites excluding steroid dienone is 2. The van der Waals surface area contributed by atoms with Gasteiger partial charge in [-0.05, 0) is 31.9 Å². The van der Waals surface area contributed by atoms with Gasteiger partial charge < -0.3 is 15.5 Å². The van der Waals surface area contributed by atoms with Gasteiger partial charge in [-0.3, -0.25) is 4.79 Å². The van der Waals surface area contributed by atoms with E-state index >= 15 is 0 Å². The summed E-state index contributed by atoms with van der Waals surface area (Å²) in [4.78, 5) is 18.9. The van der Waals surface area contributed by atoms with Gasteiger partial charge in [-0.15, -0.1) is 0 Å². The predicted molar refractivity (Wildman–Crippen MR) is 139 cm³/mol. The molecule has 1 heterocycles. The lowest BCUT2D eigenvalue weighted by atomic mass is 10.2. The van der Waals surface area contributed by atoms with Crippen molar-refractivity contribution >= 4 is 28.9 Å². The van der Waals surface area contributed by atoms with Crippen LogP contribution in [0, 0.1) is 6.92 Å². The van der Waals surface area contributed by atoms with Crippen molar-refractivity contribution in [2.45, 2.75) is 61.3 Å². The van der Waals surface area contributed by atoms with Gasteiger partial charge >= 0.3 is 0 Å². The van der Waals surface area contributed by atoms with Gasteiger partial charge in [-0.1, -0.05) is 84.0 Å². The van der Waals surface area contributed by atoms with Crippen LogP contribution >= 0.6 is 11.6 Å². The molecule has 176 valence electrons. The number of anilines is 2. The molecule has 31 heavy (non-hydrogen) atoms. The van der Waals surface area contributed by atoms with E-state index in [1.807, 2.05) is 52.8 Å². The number of halogens is 1. The highest BCUT2D eigenvalue weighted by Crippen LogP contribution is 2.33. The van der Waals surface area contributed by atoms with Crippen molar-refractivity contribution in [1.82, 2.24) is 10.3 Å². The summed E-state index contributed by atoms with van der Waals surface area (Å²) in [6.45, 7) is 24.1. The van der Waals surface area contributed by atoms with Crippen molar-refractivity contribution in [2.24, 2.45) is 0 Å². The molecule has 0 aliphatic heterocycles. The maximum absolute atomic E-state index is 12.4. The van der Waals surface area contributed by atoms with E-state index in [1.54, 1.807) is 6.08 Å². The van der Waals surface area contributed by atoms with Crippen molar-refractivity contribution < 1.29 is 4.79 Å². The Hall–Kier alpha value is -2.11. The first-order valence-electron chi connectivity index (χ1n) is 11.3. The molecule has 5 nitrogen and oxygen atoms in total. The fraction of sp³-hybridized carbons (Fsp3) is 0.520. The fourth-order valence-electron chi connectivity index (χ4n) is 2.56. The van der Waals surface area contributed by atoms with Crippen LogP contribution in [0.15, 0.2) is 43.0 Å². The van der Waals surface area contributed by atoms with E-state index < -0.39 is 0 Å². The van der Waals surface area contributed by atoms with E-state index in [1.165, 1.54) is 0 Å². The van der Waals surface area contributed by atoms with E-state index in [0.717, 1.165) is 42.9 Å². The summed E-state index contributed by atoms with van der Waals surface area (Å²) in [5, 5.41) is 6.29. The molecule has 0 radical (unpaired) electrons. The van der Waals surface area contributed by atoms with E-state index in [4.69, 9.17) is 11.6 Å². The Kier molecular flexibility index (Phi) is 19.9. The van der Waals surface area contributed by atoms with E-state index in [2.05, 4.69) is 47.5 Å². The molecule has 0 bridgehead atoms. The second kappa shape index (κ2) is 19.8. The molecule has 1 aromatic heterocycles. The number of aryl methyl sites for hydroxylation is 1. The molecule has 0 aromatic carbocycles. The summed E-state index contributed by atoms with van der Waals surface area (Å²) < 4.78 is 0. The monoisotopic (exact) mass is 450 g/mol. The van der Waals surface area contributed by atoms with Crippen LogP contribution in [0.3, 0.4) is 0 Å². The maximum atomic E-state index is 12.4. The molecule has 0 unspecified atom stereocenters. The Labute approximate surface area is 195 Å². The fourth-order valence-corrected chi connectivity index (χ4v) is 2.84. The molecule has 1 amide bonds. The highest BCUT2D eigenvalue weighted by Gasteiger charge is 2.17. The Morgan fingerprint density at radius 2 is 1.87 bits per heavy atom. The van der Waals surface area contributed by atoms with Gasteiger partial charge in [0.1, 0.15) is 5.69 Å². The number of carbonyl (C=O) groups is 1. The summed E-state index contributed by atoms with van der Waals surface area (Å²) in [6, 6.07) is 1.97. The van der Waals surface area contributed by atoms with Gasteiger partial charge in [0.25, 0.3) is 0 Å². The molecule has 0 aliphatic rings. The summed E-state index contributed by atoms with van der Waals surface area (Å²) in [6.07, 6.45) is 7.52. The van der Waals surface area contributed by atoms with Crippen molar-refractivity contribution in [1.29, 1.82) is 0 Å². The minimum Gasteiger partial charge on any atom is -0.370 e. The number of rotatable bonds is 12. The van der Waals surface area contributed by atoms with Crippen LogP contribution in [-0.4, -0.2) is 37.1 Å². The smallest absolute Gasteiger partial charge is 0.238 e. The number of amides is 1. The Bertz CT molecular complexity index is 686. The zero-order valence-electron chi connectivity index (χ0n) is 20.6. The molecule has 1 rings (SSSR count). The Morgan fingerprint density at radius 1 is 1.23 bits per heavy atom. The van der Waals surface area contributed by atoms with Gasteiger partial charge in [0.2, 0.25) is 5.91 Å². The lowest BCUT2D eigenvalue weighted by molar-refractivity contribution is -0.115. The largest absolute Gasteiger partial charge is 0.370 e.